The molecule has 1 aromatic carbocycles. The monoisotopic (exact) mass is 463 g/mol. The Bertz CT molecular complexity index is 1280. The van der Waals surface area contributed by atoms with Crippen molar-refractivity contribution in [1.82, 2.24) is 24.8 Å². The summed E-state index contributed by atoms with van der Waals surface area (Å²) in [4.78, 5) is 54.0. The van der Waals surface area contributed by atoms with Crippen molar-refractivity contribution < 1.29 is 9.59 Å². The average molecular weight is 464 g/mol. The summed E-state index contributed by atoms with van der Waals surface area (Å²) in [5, 5.41) is 0. The predicted octanol–water partition coefficient (Wildman–Crippen LogP) is 2.79. The zero-order chi connectivity index (χ0) is 22.9. The van der Waals surface area contributed by atoms with E-state index in [2.05, 4.69) is 9.97 Å². The van der Waals surface area contributed by atoms with Crippen LogP contribution in [-0.4, -0.2) is 67.8 Å². The Hall–Kier alpha value is -3.20. The van der Waals surface area contributed by atoms with E-state index in [0.29, 0.717) is 48.4 Å². The number of hydrogen-bond donors (Lipinski definition) is 1. The highest BCUT2D eigenvalue weighted by Crippen LogP contribution is 2.31. The van der Waals surface area contributed by atoms with Gasteiger partial charge in [-0.25, -0.2) is 4.98 Å². The van der Waals surface area contributed by atoms with Crippen molar-refractivity contribution in [2.24, 2.45) is 0 Å². The van der Waals surface area contributed by atoms with Crippen LogP contribution in [0.25, 0.3) is 11.0 Å². The summed E-state index contributed by atoms with van der Waals surface area (Å²) in [6.45, 7) is 3.66. The highest BCUT2D eigenvalue weighted by atomic mass is 32.2. The molecule has 2 aliphatic heterocycles. The lowest BCUT2D eigenvalue weighted by Crippen LogP contribution is -2.41. The maximum Gasteiger partial charge on any atom is 0.280 e. The minimum absolute atomic E-state index is 0.0351. The normalized spacial score (nSPS) is 17.0. The second-order valence-electron chi connectivity index (χ2n) is 8.49. The predicted molar refractivity (Wildman–Crippen MR) is 128 cm³/mol. The van der Waals surface area contributed by atoms with Crippen LogP contribution in [0.5, 0.6) is 0 Å². The number of aromatic amines is 1. The molecule has 2 amide bonds. The van der Waals surface area contributed by atoms with Crippen LogP contribution in [0.3, 0.4) is 0 Å². The molecule has 33 heavy (non-hydrogen) atoms. The summed E-state index contributed by atoms with van der Waals surface area (Å²) in [7, 11) is 0. The maximum atomic E-state index is 13.1. The van der Waals surface area contributed by atoms with E-state index < -0.39 is 5.56 Å². The summed E-state index contributed by atoms with van der Waals surface area (Å²) in [6, 6.07) is 10.9. The van der Waals surface area contributed by atoms with Crippen LogP contribution < -0.4 is 5.56 Å². The molecular weight excluding hydrogens is 438 g/mol. The molecule has 1 N–H and O–H groups in total. The van der Waals surface area contributed by atoms with E-state index in [1.54, 1.807) is 28.8 Å². The first-order valence-electron chi connectivity index (χ1n) is 11.1. The first-order chi connectivity index (χ1) is 16.0. The zero-order valence-corrected chi connectivity index (χ0v) is 19.2. The van der Waals surface area contributed by atoms with Gasteiger partial charge < -0.3 is 14.8 Å². The number of nitrogens with one attached hydrogen (secondary N) is 1. The number of pyridine rings is 1. The fraction of sp³-hybridized carbons (Fsp3) is 0.375. The third-order valence-corrected chi connectivity index (χ3v) is 7.27. The van der Waals surface area contributed by atoms with Gasteiger partial charge in [0.1, 0.15) is 0 Å². The summed E-state index contributed by atoms with van der Waals surface area (Å²) in [5.41, 5.74) is 3.01. The Morgan fingerprint density at radius 1 is 1.00 bits per heavy atom. The number of aryl methyl sites for hydroxylation is 1. The number of rotatable bonds is 3. The van der Waals surface area contributed by atoms with Crippen LogP contribution >= 0.6 is 11.8 Å². The SMILES string of the molecule is Cc1ccc(C(=O)N2CCSC2)c(C2CCN(C(=O)c3nc4ccccc4[nH]c3=O)CC2)n1. The van der Waals surface area contributed by atoms with E-state index in [9.17, 15) is 14.4 Å². The van der Waals surface area contributed by atoms with E-state index in [-0.39, 0.29) is 23.4 Å². The number of amides is 2. The van der Waals surface area contributed by atoms with Gasteiger partial charge in [-0.1, -0.05) is 12.1 Å². The van der Waals surface area contributed by atoms with Crippen molar-refractivity contribution in [2.75, 3.05) is 31.3 Å². The second-order valence-corrected chi connectivity index (χ2v) is 9.56. The quantitative estimate of drug-likeness (QED) is 0.641. The molecule has 2 saturated heterocycles. The van der Waals surface area contributed by atoms with Crippen LogP contribution in [0.2, 0.25) is 0 Å². The molecule has 0 spiro atoms. The second kappa shape index (κ2) is 8.97. The van der Waals surface area contributed by atoms with E-state index >= 15 is 0 Å². The van der Waals surface area contributed by atoms with E-state index in [1.807, 2.05) is 36.1 Å². The topological polar surface area (TPSA) is 99.3 Å². The number of aromatic nitrogens is 3. The number of fused-ring (bicyclic) bond motifs is 1. The molecule has 0 atom stereocenters. The highest BCUT2D eigenvalue weighted by Gasteiger charge is 2.31. The van der Waals surface area contributed by atoms with Gasteiger partial charge in [0.15, 0.2) is 5.69 Å². The van der Waals surface area contributed by atoms with Gasteiger partial charge in [0.25, 0.3) is 17.4 Å². The number of hydrogen-bond acceptors (Lipinski definition) is 6. The third kappa shape index (κ3) is 4.25. The van der Waals surface area contributed by atoms with E-state index in [4.69, 9.17) is 4.98 Å². The van der Waals surface area contributed by atoms with Crippen molar-refractivity contribution in [3.63, 3.8) is 0 Å². The lowest BCUT2D eigenvalue weighted by molar-refractivity contribution is 0.0700. The minimum Gasteiger partial charge on any atom is -0.337 e. The molecule has 0 radical (unpaired) electrons. The largest absolute Gasteiger partial charge is 0.337 e. The van der Waals surface area contributed by atoms with Crippen molar-refractivity contribution in [3.05, 3.63) is 69.4 Å². The first kappa shape index (κ1) is 21.6. The molecule has 0 bridgehead atoms. The number of para-hydroxylation sites is 2. The molecule has 0 unspecified atom stereocenters. The van der Waals surface area contributed by atoms with Crippen molar-refractivity contribution >= 4 is 34.6 Å². The van der Waals surface area contributed by atoms with Crippen LogP contribution in [0.15, 0.2) is 41.2 Å². The number of H-pyrrole nitrogens is 1. The maximum absolute atomic E-state index is 13.1. The van der Waals surface area contributed by atoms with E-state index in [0.717, 1.165) is 23.7 Å². The average Bonchev–Trinajstić information content (AvgIpc) is 3.38. The molecule has 170 valence electrons. The number of carbonyl (C=O) groups excluding carboxylic acids is 2. The summed E-state index contributed by atoms with van der Waals surface area (Å²) in [6.07, 6.45) is 1.37. The summed E-state index contributed by atoms with van der Waals surface area (Å²) in [5.74, 6) is 1.44. The molecule has 0 saturated carbocycles. The zero-order valence-electron chi connectivity index (χ0n) is 18.4. The van der Waals surface area contributed by atoms with Gasteiger partial charge >= 0.3 is 0 Å². The standard InChI is InChI=1S/C24H25N5O3S/c1-15-6-7-17(23(31)29-12-13-33-14-29)20(25-15)16-8-10-28(11-9-16)24(32)21-22(30)27-19-5-3-2-4-18(19)26-21/h2-7,16H,8-14H2,1H3,(H,27,30). The Balaban J connectivity index is 1.34. The Morgan fingerprint density at radius 2 is 1.79 bits per heavy atom. The van der Waals surface area contributed by atoms with Crippen LogP contribution in [0.1, 0.15) is 51.0 Å². The molecule has 3 aromatic rings. The number of piperidine rings is 1. The third-order valence-electron chi connectivity index (χ3n) is 6.31. The number of carbonyl (C=O) groups is 2. The first-order valence-corrected chi connectivity index (χ1v) is 12.3. The summed E-state index contributed by atoms with van der Waals surface area (Å²) < 4.78 is 0. The fourth-order valence-electron chi connectivity index (χ4n) is 4.49. The number of likely N-dealkylation sites (tertiary alicyclic amines) is 1. The Kier molecular flexibility index (Phi) is 5.88. The van der Waals surface area contributed by atoms with Crippen molar-refractivity contribution in [1.29, 1.82) is 0 Å². The van der Waals surface area contributed by atoms with Gasteiger partial charge in [-0.3, -0.25) is 19.4 Å². The Morgan fingerprint density at radius 3 is 2.55 bits per heavy atom. The molecule has 9 heteroatoms. The molecule has 2 aromatic heterocycles. The van der Waals surface area contributed by atoms with Gasteiger partial charge in [0.05, 0.1) is 28.2 Å². The summed E-state index contributed by atoms with van der Waals surface area (Å²) >= 11 is 1.76. The molecule has 2 fully saturated rings. The van der Waals surface area contributed by atoms with Crippen LogP contribution in [-0.2, 0) is 0 Å². The van der Waals surface area contributed by atoms with Crippen molar-refractivity contribution in [3.8, 4) is 0 Å². The minimum atomic E-state index is -0.474. The molecule has 8 nitrogen and oxygen atoms in total. The van der Waals surface area contributed by atoms with Gasteiger partial charge in [-0.05, 0) is 44.0 Å². The van der Waals surface area contributed by atoms with Gasteiger partial charge in [0.2, 0.25) is 0 Å². The number of nitrogens with zero attached hydrogens (tertiary/aromatic N) is 4. The highest BCUT2D eigenvalue weighted by molar-refractivity contribution is 7.99. The molecule has 2 aliphatic rings. The molecule has 4 heterocycles. The van der Waals surface area contributed by atoms with Gasteiger partial charge in [0, 0.05) is 37.0 Å². The van der Waals surface area contributed by atoms with Crippen molar-refractivity contribution in [2.45, 2.75) is 25.7 Å². The molecule has 5 rings (SSSR count). The van der Waals surface area contributed by atoms with E-state index in [1.165, 1.54) is 0 Å². The lowest BCUT2D eigenvalue weighted by atomic mass is 9.89. The van der Waals surface area contributed by atoms with Crippen LogP contribution in [0.4, 0.5) is 0 Å². The molecule has 0 aliphatic carbocycles. The lowest BCUT2D eigenvalue weighted by Gasteiger charge is -2.32. The van der Waals surface area contributed by atoms with Gasteiger partial charge in [-0.2, -0.15) is 0 Å². The molecular formula is C24H25N5O3S. The van der Waals surface area contributed by atoms with Crippen LogP contribution in [0, 0.1) is 6.92 Å². The smallest absolute Gasteiger partial charge is 0.280 e. The Labute approximate surface area is 195 Å². The fourth-order valence-corrected chi connectivity index (χ4v) is 5.44. The van der Waals surface area contributed by atoms with Gasteiger partial charge in [-0.15, -0.1) is 11.8 Å². The number of thioether (sulfide) groups is 1. The number of benzene rings is 1.